The predicted molar refractivity (Wildman–Crippen MR) is 85.8 cm³/mol. The van der Waals surface area contributed by atoms with Crippen LogP contribution >= 0.6 is 0 Å². The van der Waals surface area contributed by atoms with Gasteiger partial charge in [-0.2, -0.15) is 0 Å². The van der Waals surface area contributed by atoms with E-state index in [4.69, 9.17) is 0 Å². The zero-order valence-corrected chi connectivity index (χ0v) is 13.3. The molecule has 0 aliphatic rings. The van der Waals surface area contributed by atoms with Crippen molar-refractivity contribution in [2.75, 3.05) is 0 Å². The smallest absolute Gasteiger partial charge is 0.0294 e. The second-order valence-electron chi connectivity index (χ2n) is 6.66. The molecule has 0 saturated carbocycles. The van der Waals surface area contributed by atoms with Crippen LogP contribution < -0.4 is 5.32 Å². The van der Waals surface area contributed by atoms with Crippen molar-refractivity contribution in [3.05, 3.63) is 59.4 Å². The first-order chi connectivity index (χ1) is 9.36. The number of hydrogen-bond acceptors (Lipinski definition) is 1. The van der Waals surface area contributed by atoms with Crippen LogP contribution in [0.5, 0.6) is 0 Å². The van der Waals surface area contributed by atoms with Crippen LogP contribution in [-0.4, -0.2) is 4.57 Å². The number of rotatable bonds is 4. The lowest BCUT2D eigenvalue weighted by molar-refractivity contribution is 0.569. The first-order valence-corrected chi connectivity index (χ1v) is 7.31. The maximum atomic E-state index is 3.57. The van der Waals surface area contributed by atoms with Crippen LogP contribution in [0.3, 0.4) is 0 Å². The molecule has 0 spiro atoms. The third-order valence-corrected chi connectivity index (χ3v) is 3.78. The summed E-state index contributed by atoms with van der Waals surface area (Å²) >= 11 is 0. The molecule has 108 valence electrons. The van der Waals surface area contributed by atoms with Crippen LogP contribution in [0.15, 0.2) is 42.7 Å². The van der Waals surface area contributed by atoms with Crippen LogP contribution in [0.1, 0.15) is 50.4 Å². The standard InChI is InChI=1S/C18H26N2/c1-14(19-12-15-10-11-20(5)13-15)16-6-8-17(9-7-16)18(2,3)4/h6-11,13-14,19H,12H2,1-5H3. The van der Waals surface area contributed by atoms with E-state index in [9.17, 15) is 0 Å². The van der Waals surface area contributed by atoms with E-state index in [1.807, 2.05) is 0 Å². The summed E-state index contributed by atoms with van der Waals surface area (Å²) in [6, 6.07) is 11.5. The minimum atomic E-state index is 0.221. The van der Waals surface area contributed by atoms with E-state index in [1.54, 1.807) is 0 Å². The summed E-state index contributed by atoms with van der Waals surface area (Å²) in [4.78, 5) is 0. The molecule has 0 amide bonds. The minimum absolute atomic E-state index is 0.221. The van der Waals surface area contributed by atoms with E-state index in [-0.39, 0.29) is 5.41 Å². The van der Waals surface area contributed by atoms with Crippen molar-refractivity contribution in [1.82, 2.24) is 9.88 Å². The lowest BCUT2D eigenvalue weighted by Gasteiger charge is -2.20. The van der Waals surface area contributed by atoms with E-state index in [1.165, 1.54) is 16.7 Å². The Morgan fingerprint density at radius 3 is 2.25 bits per heavy atom. The molecule has 2 rings (SSSR count). The molecule has 0 saturated heterocycles. The van der Waals surface area contributed by atoms with Crippen molar-refractivity contribution in [3.63, 3.8) is 0 Å². The number of aryl methyl sites for hydroxylation is 1. The Hall–Kier alpha value is -1.54. The van der Waals surface area contributed by atoms with Gasteiger partial charge in [-0.3, -0.25) is 0 Å². The summed E-state index contributed by atoms with van der Waals surface area (Å²) in [6.07, 6.45) is 4.24. The largest absolute Gasteiger partial charge is 0.357 e. The molecule has 0 aliphatic heterocycles. The quantitative estimate of drug-likeness (QED) is 0.882. The third kappa shape index (κ3) is 3.73. The fraction of sp³-hybridized carbons (Fsp3) is 0.444. The van der Waals surface area contributed by atoms with Crippen molar-refractivity contribution in [3.8, 4) is 0 Å². The topological polar surface area (TPSA) is 17.0 Å². The molecule has 1 aromatic carbocycles. The molecule has 2 heteroatoms. The number of nitrogens with zero attached hydrogens (tertiary/aromatic N) is 1. The average Bonchev–Trinajstić information content (AvgIpc) is 2.81. The molecule has 2 aromatic rings. The van der Waals surface area contributed by atoms with Crippen LogP contribution in [0, 0.1) is 0 Å². The van der Waals surface area contributed by atoms with Gasteiger partial charge in [0.05, 0.1) is 0 Å². The number of aromatic nitrogens is 1. The normalized spacial score (nSPS) is 13.4. The van der Waals surface area contributed by atoms with Crippen LogP contribution in [-0.2, 0) is 19.0 Å². The van der Waals surface area contributed by atoms with Crippen LogP contribution in [0.4, 0.5) is 0 Å². The number of benzene rings is 1. The van der Waals surface area contributed by atoms with E-state index in [2.05, 4.69) is 87.4 Å². The molecule has 1 N–H and O–H groups in total. The Bertz CT molecular complexity index is 544. The van der Waals surface area contributed by atoms with Gasteiger partial charge in [-0.1, -0.05) is 45.0 Å². The molecule has 0 fully saturated rings. The van der Waals surface area contributed by atoms with Gasteiger partial charge < -0.3 is 9.88 Å². The van der Waals surface area contributed by atoms with E-state index >= 15 is 0 Å². The first-order valence-electron chi connectivity index (χ1n) is 7.31. The van der Waals surface area contributed by atoms with E-state index in [0.717, 1.165) is 6.54 Å². The van der Waals surface area contributed by atoms with Gasteiger partial charge in [-0.15, -0.1) is 0 Å². The summed E-state index contributed by atoms with van der Waals surface area (Å²) in [7, 11) is 2.05. The molecule has 0 bridgehead atoms. The van der Waals surface area contributed by atoms with Crippen LogP contribution in [0.25, 0.3) is 0 Å². The van der Waals surface area contributed by atoms with Gasteiger partial charge in [-0.25, -0.2) is 0 Å². The van der Waals surface area contributed by atoms with Crippen molar-refractivity contribution in [2.24, 2.45) is 7.05 Å². The van der Waals surface area contributed by atoms with Crippen molar-refractivity contribution >= 4 is 0 Å². The Balaban J connectivity index is 1.97. The number of hydrogen-bond donors (Lipinski definition) is 1. The monoisotopic (exact) mass is 270 g/mol. The minimum Gasteiger partial charge on any atom is -0.357 e. The molecule has 1 unspecified atom stereocenters. The van der Waals surface area contributed by atoms with Crippen molar-refractivity contribution < 1.29 is 0 Å². The second kappa shape index (κ2) is 5.84. The highest BCUT2D eigenvalue weighted by atomic mass is 14.9. The molecule has 20 heavy (non-hydrogen) atoms. The molecule has 2 nitrogen and oxygen atoms in total. The zero-order chi connectivity index (χ0) is 14.8. The SMILES string of the molecule is CC(NCc1ccn(C)c1)c1ccc(C(C)(C)C)cc1. The van der Waals surface area contributed by atoms with Gasteiger partial charge >= 0.3 is 0 Å². The fourth-order valence-corrected chi connectivity index (χ4v) is 2.33. The molecule has 0 radical (unpaired) electrons. The summed E-state index contributed by atoms with van der Waals surface area (Å²) in [6.45, 7) is 9.87. The Kier molecular flexibility index (Phi) is 4.34. The van der Waals surface area contributed by atoms with Gasteiger partial charge in [0.1, 0.15) is 0 Å². The van der Waals surface area contributed by atoms with Gasteiger partial charge in [0, 0.05) is 32.0 Å². The van der Waals surface area contributed by atoms with E-state index in [0.29, 0.717) is 6.04 Å². The van der Waals surface area contributed by atoms with Gasteiger partial charge in [-0.05, 0) is 35.1 Å². The van der Waals surface area contributed by atoms with E-state index < -0.39 is 0 Å². The molecule has 1 atom stereocenters. The third-order valence-electron chi connectivity index (χ3n) is 3.78. The summed E-state index contributed by atoms with van der Waals surface area (Å²) in [5.74, 6) is 0. The molecular weight excluding hydrogens is 244 g/mol. The van der Waals surface area contributed by atoms with Gasteiger partial charge in [0.2, 0.25) is 0 Å². The van der Waals surface area contributed by atoms with Crippen LogP contribution in [0.2, 0.25) is 0 Å². The van der Waals surface area contributed by atoms with Gasteiger partial charge in [0.25, 0.3) is 0 Å². The molecular formula is C18H26N2. The predicted octanol–water partition coefficient (Wildman–Crippen LogP) is 4.17. The van der Waals surface area contributed by atoms with Crippen molar-refractivity contribution in [1.29, 1.82) is 0 Å². The zero-order valence-electron chi connectivity index (χ0n) is 13.3. The summed E-state index contributed by atoms with van der Waals surface area (Å²) < 4.78 is 2.08. The Morgan fingerprint density at radius 2 is 1.75 bits per heavy atom. The second-order valence-corrected chi connectivity index (χ2v) is 6.66. The van der Waals surface area contributed by atoms with Gasteiger partial charge in [0.15, 0.2) is 0 Å². The van der Waals surface area contributed by atoms with Crippen molar-refractivity contribution in [2.45, 2.75) is 45.7 Å². The molecule has 0 aliphatic carbocycles. The number of nitrogens with one attached hydrogen (secondary N) is 1. The fourth-order valence-electron chi connectivity index (χ4n) is 2.33. The first kappa shape index (κ1) is 14.9. The molecule has 1 heterocycles. The Labute approximate surface area is 122 Å². The maximum absolute atomic E-state index is 3.57. The summed E-state index contributed by atoms with van der Waals surface area (Å²) in [5, 5.41) is 3.57. The molecule has 1 aromatic heterocycles. The highest BCUT2D eigenvalue weighted by Crippen LogP contribution is 2.24. The Morgan fingerprint density at radius 1 is 1.10 bits per heavy atom. The highest BCUT2D eigenvalue weighted by Gasteiger charge is 2.13. The average molecular weight is 270 g/mol. The lowest BCUT2D eigenvalue weighted by Crippen LogP contribution is -2.18. The lowest BCUT2D eigenvalue weighted by atomic mass is 9.86. The highest BCUT2D eigenvalue weighted by molar-refractivity contribution is 5.29. The summed E-state index contributed by atoms with van der Waals surface area (Å²) in [5.41, 5.74) is 4.27. The maximum Gasteiger partial charge on any atom is 0.0294 e.